The zero-order chi connectivity index (χ0) is 29.4. The van der Waals surface area contributed by atoms with Crippen LogP contribution in [0.5, 0.6) is 5.75 Å². The molecule has 13 heteroatoms. The quantitative estimate of drug-likeness (QED) is 0.327. The Morgan fingerprint density at radius 2 is 1.95 bits per heavy atom. The number of nitrogens with one attached hydrogen (secondary N) is 1. The maximum absolute atomic E-state index is 12.8. The minimum atomic E-state index is -0.109. The summed E-state index contributed by atoms with van der Waals surface area (Å²) in [4.78, 5) is 27.9. The van der Waals surface area contributed by atoms with Crippen LogP contribution in [-0.2, 0) is 11.3 Å². The minimum absolute atomic E-state index is 0.109. The van der Waals surface area contributed by atoms with Gasteiger partial charge in [-0.25, -0.2) is 4.98 Å². The third kappa shape index (κ3) is 5.26. The van der Waals surface area contributed by atoms with Crippen LogP contribution in [0.3, 0.4) is 0 Å². The van der Waals surface area contributed by atoms with Crippen LogP contribution >= 0.6 is 11.6 Å². The number of carbonyl (C=O) groups is 1. The van der Waals surface area contributed by atoms with Gasteiger partial charge in [-0.15, -0.1) is 5.10 Å². The molecule has 2 aliphatic rings. The number of rotatable bonds is 8. The lowest BCUT2D eigenvalue weighted by molar-refractivity contribution is -0.120. The number of hydrogen-bond donors (Lipinski definition) is 1. The summed E-state index contributed by atoms with van der Waals surface area (Å²) in [6.07, 6.45) is 3.47. The number of amides is 1. The number of hydrogen-bond acceptors (Lipinski definition) is 10. The standard InChI is InChI=1S/C29H27ClN10O2/c1-37-9-10-38(25(41)17-37)24-12-19(13-31)11-23(26(24)30)34-29-35-28(27-33-15-21(14-32)40(27)36-29)39(20-5-6-20)16-18-3-7-22(42-2)8-4-18/h3-4,7-8,11-12,15,20H,5-6,9-10,16-17H2,1-2H3,(H,34,36). The number of likely N-dealkylation sites (N-methyl/N-ethyl adjacent to an activating group) is 1. The summed E-state index contributed by atoms with van der Waals surface area (Å²) in [5, 5.41) is 27.5. The van der Waals surface area contributed by atoms with E-state index in [4.69, 9.17) is 21.3 Å². The Labute approximate surface area is 247 Å². The molecule has 0 spiro atoms. The molecule has 2 fully saturated rings. The summed E-state index contributed by atoms with van der Waals surface area (Å²) in [5.41, 5.74) is 2.90. The number of carbonyl (C=O) groups excluding carboxylic acids is 1. The van der Waals surface area contributed by atoms with Crippen LogP contribution < -0.4 is 19.9 Å². The molecule has 2 aromatic carbocycles. The van der Waals surface area contributed by atoms with Crippen molar-refractivity contribution in [3.05, 3.63) is 64.4 Å². The van der Waals surface area contributed by atoms with Crippen molar-refractivity contribution in [3.63, 3.8) is 0 Å². The van der Waals surface area contributed by atoms with E-state index in [0.717, 1.165) is 24.2 Å². The van der Waals surface area contributed by atoms with Gasteiger partial charge in [0.05, 0.1) is 47.9 Å². The molecule has 0 unspecified atom stereocenters. The number of anilines is 4. The Morgan fingerprint density at radius 3 is 2.62 bits per heavy atom. The zero-order valence-corrected chi connectivity index (χ0v) is 23.8. The van der Waals surface area contributed by atoms with Crippen LogP contribution in [0.4, 0.5) is 23.1 Å². The van der Waals surface area contributed by atoms with Gasteiger partial charge in [-0.05, 0) is 49.7 Å². The summed E-state index contributed by atoms with van der Waals surface area (Å²) < 4.78 is 6.77. The maximum atomic E-state index is 12.8. The van der Waals surface area contributed by atoms with Gasteiger partial charge in [-0.2, -0.15) is 20.0 Å². The smallest absolute Gasteiger partial charge is 0.247 e. The predicted molar refractivity (Wildman–Crippen MR) is 157 cm³/mol. The van der Waals surface area contributed by atoms with Crippen molar-refractivity contribution in [2.45, 2.75) is 25.4 Å². The van der Waals surface area contributed by atoms with Gasteiger partial charge in [-0.3, -0.25) is 9.69 Å². The molecule has 6 rings (SSSR count). The number of piperazine rings is 1. The SMILES string of the molecule is COc1ccc(CN(c2nc(Nc3cc(C#N)cc(N4CCN(C)CC4=O)c3Cl)nn3c(C#N)cnc23)C2CC2)cc1. The average Bonchev–Trinajstić information content (AvgIpc) is 3.76. The van der Waals surface area contributed by atoms with Gasteiger partial charge in [0.15, 0.2) is 17.2 Å². The van der Waals surface area contributed by atoms with Gasteiger partial charge >= 0.3 is 0 Å². The predicted octanol–water partition coefficient (Wildman–Crippen LogP) is 3.72. The summed E-state index contributed by atoms with van der Waals surface area (Å²) >= 11 is 6.85. The number of benzene rings is 2. The molecule has 0 bridgehead atoms. The van der Waals surface area contributed by atoms with Crippen LogP contribution in [0.1, 0.15) is 29.7 Å². The Balaban J connectivity index is 1.41. The van der Waals surface area contributed by atoms with Gasteiger partial charge in [0.2, 0.25) is 11.9 Å². The molecule has 4 aromatic rings. The van der Waals surface area contributed by atoms with Crippen molar-refractivity contribution < 1.29 is 9.53 Å². The summed E-state index contributed by atoms with van der Waals surface area (Å²) in [6, 6.07) is 15.6. The normalized spacial score (nSPS) is 15.4. The monoisotopic (exact) mass is 582 g/mol. The first kappa shape index (κ1) is 27.3. The van der Waals surface area contributed by atoms with Gasteiger partial charge in [0.25, 0.3) is 0 Å². The van der Waals surface area contributed by atoms with Crippen molar-refractivity contribution in [3.8, 4) is 17.9 Å². The number of methoxy groups -OCH3 is 1. The van der Waals surface area contributed by atoms with E-state index in [0.29, 0.717) is 48.0 Å². The number of ether oxygens (including phenoxy) is 1. The van der Waals surface area contributed by atoms with Crippen LogP contribution in [0.15, 0.2) is 42.6 Å². The lowest BCUT2D eigenvalue weighted by Gasteiger charge is -2.33. The summed E-state index contributed by atoms with van der Waals surface area (Å²) in [7, 11) is 3.51. The number of halogens is 1. The van der Waals surface area contributed by atoms with Crippen molar-refractivity contribution in [1.29, 1.82) is 10.5 Å². The molecule has 1 amide bonds. The molecule has 1 saturated heterocycles. The van der Waals surface area contributed by atoms with Crippen molar-refractivity contribution >= 4 is 46.3 Å². The van der Waals surface area contributed by atoms with Crippen molar-refractivity contribution in [1.82, 2.24) is 24.5 Å². The second-order valence-corrected chi connectivity index (χ2v) is 10.7. The molecule has 0 atom stereocenters. The van der Waals surface area contributed by atoms with Gasteiger partial charge in [0, 0.05) is 25.7 Å². The number of imidazole rings is 1. The topological polar surface area (TPSA) is 139 Å². The fourth-order valence-corrected chi connectivity index (χ4v) is 5.26. The van der Waals surface area contributed by atoms with E-state index in [-0.39, 0.29) is 35.2 Å². The highest BCUT2D eigenvalue weighted by Gasteiger charge is 2.33. The Hall–Kier alpha value is -4.91. The largest absolute Gasteiger partial charge is 0.497 e. The molecule has 42 heavy (non-hydrogen) atoms. The highest BCUT2D eigenvalue weighted by Crippen LogP contribution is 2.38. The molecule has 0 radical (unpaired) electrons. The summed E-state index contributed by atoms with van der Waals surface area (Å²) in [6.45, 7) is 1.93. The molecule has 212 valence electrons. The molecule has 1 aliphatic heterocycles. The van der Waals surface area contributed by atoms with Gasteiger partial charge in [-0.1, -0.05) is 23.7 Å². The Morgan fingerprint density at radius 1 is 1.17 bits per heavy atom. The second-order valence-electron chi connectivity index (χ2n) is 10.3. The molecule has 2 aromatic heterocycles. The number of aromatic nitrogens is 4. The summed E-state index contributed by atoms with van der Waals surface area (Å²) in [5.74, 6) is 1.39. The number of nitrogens with zero attached hydrogens (tertiary/aromatic N) is 9. The average molecular weight is 583 g/mol. The molecule has 1 aliphatic carbocycles. The lowest BCUT2D eigenvalue weighted by atomic mass is 10.1. The molecular weight excluding hydrogens is 556 g/mol. The van der Waals surface area contributed by atoms with E-state index in [1.165, 1.54) is 10.7 Å². The van der Waals surface area contributed by atoms with Crippen LogP contribution in [0.2, 0.25) is 5.02 Å². The van der Waals surface area contributed by atoms with Crippen LogP contribution in [0.25, 0.3) is 5.65 Å². The van der Waals surface area contributed by atoms with E-state index in [1.807, 2.05) is 36.2 Å². The van der Waals surface area contributed by atoms with Crippen molar-refractivity contribution in [2.24, 2.45) is 0 Å². The minimum Gasteiger partial charge on any atom is -0.497 e. The molecule has 12 nitrogen and oxygen atoms in total. The van der Waals surface area contributed by atoms with Crippen molar-refractivity contribution in [2.75, 3.05) is 48.9 Å². The van der Waals surface area contributed by atoms with Crippen LogP contribution in [0, 0.1) is 22.7 Å². The molecule has 1 saturated carbocycles. The second kappa shape index (κ2) is 11.2. The Bertz CT molecular complexity index is 1750. The fraction of sp³-hybridized carbons (Fsp3) is 0.310. The molecular formula is C29H27ClN10O2. The van der Waals surface area contributed by atoms with E-state index < -0.39 is 0 Å². The van der Waals surface area contributed by atoms with E-state index in [2.05, 4.69) is 32.4 Å². The van der Waals surface area contributed by atoms with E-state index >= 15 is 0 Å². The van der Waals surface area contributed by atoms with Crippen LogP contribution in [-0.4, -0.2) is 70.2 Å². The highest BCUT2D eigenvalue weighted by atomic mass is 35.5. The number of fused-ring (bicyclic) bond motifs is 1. The fourth-order valence-electron chi connectivity index (χ4n) is 5.01. The zero-order valence-electron chi connectivity index (χ0n) is 23.1. The van der Waals surface area contributed by atoms with Gasteiger partial charge in [0.1, 0.15) is 11.8 Å². The first-order valence-electron chi connectivity index (χ1n) is 13.4. The molecule has 3 heterocycles. The first-order chi connectivity index (χ1) is 20.4. The van der Waals surface area contributed by atoms with Gasteiger partial charge < -0.3 is 19.9 Å². The van der Waals surface area contributed by atoms with E-state index in [1.54, 1.807) is 24.1 Å². The molecule has 1 N–H and O–H groups in total. The maximum Gasteiger partial charge on any atom is 0.247 e. The first-order valence-corrected chi connectivity index (χ1v) is 13.8. The highest BCUT2D eigenvalue weighted by molar-refractivity contribution is 6.36. The number of nitriles is 2. The Kier molecular flexibility index (Phi) is 7.25. The lowest BCUT2D eigenvalue weighted by Crippen LogP contribution is -2.49. The third-order valence-electron chi connectivity index (χ3n) is 7.36. The van der Waals surface area contributed by atoms with E-state index in [9.17, 15) is 15.3 Å². The third-order valence-corrected chi connectivity index (χ3v) is 7.76.